The van der Waals surface area contributed by atoms with Crippen molar-refractivity contribution < 1.29 is 9.53 Å². The standard InChI is InChI=1S/C14H14ClN3O2/c1-9-7-12(18-13(17-9)14(19)20-2)16-8-10-5-3-4-6-11(10)15/h3-7H,8H2,1-2H3,(H,16,17,18). The minimum Gasteiger partial charge on any atom is -0.463 e. The van der Waals surface area contributed by atoms with Gasteiger partial charge in [-0.15, -0.1) is 0 Å². The third-order valence-electron chi connectivity index (χ3n) is 2.64. The maximum atomic E-state index is 11.5. The molecule has 5 nitrogen and oxygen atoms in total. The highest BCUT2D eigenvalue weighted by atomic mass is 35.5. The molecule has 0 amide bonds. The molecule has 20 heavy (non-hydrogen) atoms. The highest BCUT2D eigenvalue weighted by Gasteiger charge is 2.11. The number of halogens is 1. The third kappa shape index (κ3) is 3.45. The number of aromatic nitrogens is 2. The molecule has 1 aromatic carbocycles. The van der Waals surface area contributed by atoms with Crippen molar-refractivity contribution in [1.29, 1.82) is 0 Å². The Bertz CT molecular complexity index is 632. The predicted molar refractivity (Wildman–Crippen MR) is 76.9 cm³/mol. The number of esters is 1. The normalized spacial score (nSPS) is 10.2. The van der Waals surface area contributed by atoms with Crippen LogP contribution in [0.25, 0.3) is 0 Å². The minimum atomic E-state index is -0.561. The number of benzene rings is 1. The van der Waals surface area contributed by atoms with Gasteiger partial charge in [0.05, 0.1) is 7.11 Å². The number of hydrogen-bond acceptors (Lipinski definition) is 5. The van der Waals surface area contributed by atoms with Crippen molar-refractivity contribution in [3.63, 3.8) is 0 Å². The van der Waals surface area contributed by atoms with E-state index in [1.807, 2.05) is 24.3 Å². The molecule has 0 unspecified atom stereocenters. The highest BCUT2D eigenvalue weighted by Crippen LogP contribution is 2.16. The van der Waals surface area contributed by atoms with E-state index in [1.54, 1.807) is 13.0 Å². The van der Waals surface area contributed by atoms with Crippen LogP contribution in [0.5, 0.6) is 0 Å². The van der Waals surface area contributed by atoms with Gasteiger partial charge >= 0.3 is 5.97 Å². The Morgan fingerprint density at radius 1 is 1.35 bits per heavy atom. The number of carbonyl (C=O) groups is 1. The zero-order chi connectivity index (χ0) is 14.5. The molecular weight excluding hydrogens is 278 g/mol. The molecule has 0 aliphatic rings. The molecule has 1 N–H and O–H groups in total. The molecule has 0 bridgehead atoms. The molecule has 6 heteroatoms. The number of nitrogens with one attached hydrogen (secondary N) is 1. The van der Waals surface area contributed by atoms with Crippen LogP contribution in [-0.4, -0.2) is 23.0 Å². The molecule has 0 spiro atoms. The van der Waals surface area contributed by atoms with E-state index < -0.39 is 5.97 Å². The van der Waals surface area contributed by atoms with Gasteiger partial charge < -0.3 is 10.1 Å². The number of methoxy groups -OCH3 is 1. The molecule has 1 aromatic heterocycles. The average Bonchev–Trinajstić information content (AvgIpc) is 2.45. The van der Waals surface area contributed by atoms with Crippen LogP contribution in [0.3, 0.4) is 0 Å². The first kappa shape index (κ1) is 14.3. The first-order valence-electron chi connectivity index (χ1n) is 6.01. The van der Waals surface area contributed by atoms with Crippen LogP contribution in [-0.2, 0) is 11.3 Å². The maximum absolute atomic E-state index is 11.5. The Kier molecular flexibility index (Phi) is 4.53. The van der Waals surface area contributed by atoms with E-state index in [2.05, 4.69) is 20.0 Å². The summed E-state index contributed by atoms with van der Waals surface area (Å²) >= 11 is 6.08. The molecule has 1 heterocycles. The van der Waals surface area contributed by atoms with Gasteiger partial charge in [-0.1, -0.05) is 29.8 Å². The van der Waals surface area contributed by atoms with Gasteiger partial charge in [0.15, 0.2) is 0 Å². The second kappa shape index (κ2) is 6.34. The van der Waals surface area contributed by atoms with Crippen molar-refractivity contribution in [2.24, 2.45) is 0 Å². The van der Waals surface area contributed by atoms with Gasteiger partial charge in [0.25, 0.3) is 0 Å². The van der Waals surface area contributed by atoms with Gasteiger partial charge in [-0.05, 0) is 18.6 Å². The zero-order valence-corrected chi connectivity index (χ0v) is 11.9. The van der Waals surface area contributed by atoms with Crippen molar-refractivity contribution >= 4 is 23.4 Å². The third-order valence-corrected chi connectivity index (χ3v) is 3.01. The molecule has 2 aromatic rings. The minimum absolute atomic E-state index is 0.0363. The molecular formula is C14H14ClN3O2. The lowest BCUT2D eigenvalue weighted by atomic mass is 10.2. The second-order valence-electron chi connectivity index (χ2n) is 4.15. The Morgan fingerprint density at radius 2 is 2.10 bits per heavy atom. The van der Waals surface area contributed by atoms with Crippen LogP contribution >= 0.6 is 11.6 Å². The van der Waals surface area contributed by atoms with E-state index in [9.17, 15) is 4.79 Å². The van der Waals surface area contributed by atoms with E-state index >= 15 is 0 Å². The van der Waals surface area contributed by atoms with Crippen molar-refractivity contribution in [2.45, 2.75) is 13.5 Å². The summed E-state index contributed by atoms with van der Waals surface area (Å²) < 4.78 is 4.62. The summed E-state index contributed by atoms with van der Waals surface area (Å²) in [6.07, 6.45) is 0. The van der Waals surface area contributed by atoms with Crippen LogP contribution in [0.15, 0.2) is 30.3 Å². The van der Waals surface area contributed by atoms with Crippen LogP contribution in [0.1, 0.15) is 21.9 Å². The quantitative estimate of drug-likeness (QED) is 0.878. The summed E-state index contributed by atoms with van der Waals surface area (Å²) in [4.78, 5) is 19.6. The first-order chi connectivity index (χ1) is 9.60. The van der Waals surface area contributed by atoms with Gasteiger partial charge in [-0.3, -0.25) is 0 Å². The molecule has 0 aliphatic heterocycles. The van der Waals surface area contributed by atoms with Crippen molar-refractivity contribution in [3.05, 3.63) is 52.4 Å². The smallest absolute Gasteiger partial charge is 0.376 e. The largest absolute Gasteiger partial charge is 0.463 e. The molecule has 2 rings (SSSR count). The van der Waals surface area contributed by atoms with Crippen LogP contribution in [0.2, 0.25) is 5.02 Å². The lowest BCUT2D eigenvalue weighted by Crippen LogP contribution is -2.11. The van der Waals surface area contributed by atoms with Crippen LogP contribution in [0.4, 0.5) is 5.82 Å². The Hall–Kier alpha value is -2.14. The van der Waals surface area contributed by atoms with E-state index in [0.717, 1.165) is 5.56 Å². The summed E-state index contributed by atoms with van der Waals surface area (Å²) in [6, 6.07) is 9.28. The van der Waals surface area contributed by atoms with E-state index in [0.29, 0.717) is 23.1 Å². The predicted octanol–water partition coefficient (Wildman–Crippen LogP) is 2.84. The fourth-order valence-electron chi connectivity index (χ4n) is 1.67. The van der Waals surface area contributed by atoms with Gasteiger partial charge in [0.2, 0.25) is 5.82 Å². The number of ether oxygens (including phenoxy) is 1. The molecule has 0 aliphatic carbocycles. The zero-order valence-electron chi connectivity index (χ0n) is 11.2. The Balaban J connectivity index is 2.16. The summed E-state index contributed by atoms with van der Waals surface area (Å²) in [6.45, 7) is 2.30. The van der Waals surface area contributed by atoms with Crippen molar-refractivity contribution in [2.75, 3.05) is 12.4 Å². The molecule has 0 saturated carbocycles. The molecule has 0 atom stereocenters. The molecule has 104 valence electrons. The summed E-state index contributed by atoms with van der Waals surface area (Å²) in [5.74, 6) is 0.0291. The van der Waals surface area contributed by atoms with Gasteiger partial charge in [-0.2, -0.15) is 0 Å². The fourth-order valence-corrected chi connectivity index (χ4v) is 1.87. The monoisotopic (exact) mass is 291 g/mol. The topological polar surface area (TPSA) is 64.1 Å². The van der Waals surface area contributed by atoms with Crippen molar-refractivity contribution in [1.82, 2.24) is 9.97 Å². The summed E-state index contributed by atoms with van der Waals surface area (Å²) in [5.41, 5.74) is 1.63. The average molecular weight is 292 g/mol. The number of carbonyl (C=O) groups excluding carboxylic acids is 1. The molecule has 0 radical (unpaired) electrons. The van der Waals surface area contributed by atoms with Gasteiger partial charge in [0, 0.05) is 23.3 Å². The fraction of sp³-hybridized carbons (Fsp3) is 0.214. The lowest BCUT2D eigenvalue weighted by molar-refractivity contribution is 0.0586. The van der Waals surface area contributed by atoms with Gasteiger partial charge in [0.1, 0.15) is 5.82 Å². The Morgan fingerprint density at radius 3 is 2.80 bits per heavy atom. The maximum Gasteiger partial charge on any atom is 0.376 e. The summed E-state index contributed by atoms with van der Waals surface area (Å²) in [7, 11) is 1.30. The Labute approximate surface area is 122 Å². The van der Waals surface area contributed by atoms with E-state index in [1.165, 1.54) is 7.11 Å². The number of rotatable bonds is 4. The van der Waals surface area contributed by atoms with Crippen molar-refractivity contribution in [3.8, 4) is 0 Å². The highest BCUT2D eigenvalue weighted by molar-refractivity contribution is 6.31. The number of anilines is 1. The lowest BCUT2D eigenvalue weighted by Gasteiger charge is -2.09. The molecule has 0 fully saturated rings. The van der Waals surface area contributed by atoms with Gasteiger partial charge in [-0.25, -0.2) is 14.8 Å². The van der Waals surface area contributed by atoms with Crippen LogP contribution < -0.4 is 5.32 Å². The van der Waals surface area contributed by atoms with Crippen LogP contribution in [0, 0.1) is 6.92 Å². The SMILES string of the molecule is COC(=O)c1nc(C)cc(NCc2ccccc2Cl)n1. The second-order valence-corrected chi connectivity index (χ2v) is 4.56. The number of nitrogens with zero attached hydrogens (tertiary/aromatic N) is 2. The van der Waals surface area contributed by atoms with E-state index in [-0.39, 0.29) is 5.82 Å². The summed E-state index contributed by atoms with van der Waals surface area (Å²) in [5, 5.41) is 3.80. The van der Waals surface area contributed by atoms with E-state index in [4.69, 9.17) is 11.6 Å². The first-order valence-corrected chi connectivity index (χ1v) is 6.39. The molecule has 0 saturated heterocycles. The number of hydrogen-bond donors (Lipinski definition) is 1. The number of aryl methyl sites for hydroxylation is 1.